The summed E-state index contributed by atoms with van der Waals surface area (Å²) in [5, 5.41) is 19.9. The van der Waals surface area contributed by atoms with E-state index in [0.717, 1.165) is 27.6 Å². The van der Waals surface area contributed by atoms with E-state index in [2.05, 4.69) is 17.1 Å². The number of hydrogen-bond donors (Lipinski definition) is 0. The van der Waals surface area contributed by atoms with E-state index in [0.29, 0.717) is 32.9 Å². The van der Waals surface area contributed by atoms with Gasteiger partial charge in [-0.15, -0.1) is 0 Å². The van der Waals surface area contributed by atoms with Crippen LogP contribution in [0.1, 0.15) is 16.7 Å². The molecule has 0 amide bonds. The number of imidazole rings is 1. The van der Waals surface area contributed by atoms with Gasteiger partial charge in [0.15, 0.2) is 0 Å². The number of halogens is 1. The van der Waals surface area contributed by atoms with Gasteiger partial charge >= 0.3 is 5.69 Å². The number of nitriles is 2. The molecular weight excluding hydrogens is 434 g/mol. The summed E-state index contributed by atoms with van der Waals surface area (Å²) < 4.78 is 3.20. The van der Waals surface area contributed by atoms with Gasteiger partial charge in [-0.1, -0.05) is 29.8 Å². The second kappa shape index (κ2) is 7.63. The Morgan fingerprint density at radius 3 is 2.48 bits per heavy atom. The molecule has 5 rings (SSSR count). The van der Waals surface area contributed by atoms with Crippen LogP contribution in [0.5, 0.6) is 0 Å². The number of hydrogen-bond acceptors (Lipinski definition) is 4. The zero-order valence-corrected chi connectivity index (χ0v) is 18.6. The third-order valence-electron chi connectivity index (χ3n) is 5.88. The molecule has 0 aliphatic heterocycles. The van der Waals surface area contributed by atoms with Crippen LogP contribution in [-0.4, -0.2) is 14.1 Å². The average Bonchev–Trinajstić information content (AvgIpc) is 3.09. The predicted molar refractivity (Wildman–Crippen MR) is 128 cm³/mol. The molecule has 2 aromatic heterocycles. The highest BCUT2D eigenvalue weighted by atomic mass is 35.5. The van der Waals surface area contributed by atoms with E-state index < -0.39 is 0 Å². The van der Waals surface area contributed by atoms with Gasteiger partial charge in [-0.05, 0) is 60.0 Å². The molecular formula is C26H16ClN5O. The van der Waals surface area contributed by atoms with Gasteiger partial charge in [0.05, 0.1) is 50.7 Å². The topological polar surface area (TPSA) is 87.4 Å². The molecule has 0 atom stereocenters. The first kappa shape index (κ1) is 20.5. The predicted octanol–water partition coefficient (Wildman–Crippen LogP) is 5.25. The van der Waals surface area contributed by atoms with E-state index in [1.54, 1.807) is 46.6 Å². The van der Waals surface area contributed by atoms with Crippen LogP contribution in [0, 0.1) is 29.6 Å². The van der Waals surface area contributed by atoms with Crippen LogP contribution in [0.4, 0.5) is 0 Å². The lowest BCUT2D eigenvalue weighted by molar-refractivity contribution is 0.843. The molecule has 0 bridgehead atoms. The third kappa shape index (κ3) is 3.17. The molecule has 0 fully saturated rings. The summed E-state index contributed by atoms with van der Waals surface area (Å²) in [6, 6.07) is 20.7. The lowest BCUT2D eigenvalue weighted by Gasteiger charge is -2.11. The van der Waals surface area contributed by atoms with Crippen molar-refractivity contribution in [1.29, 1.82) is 10.5 Å². The zero-order valence-electron chi connectivity index (χ0n) is 17.8. The first-order chi connectivity index (χ1) is 15.9. The van der Waals surface area contributed by atoms with Gasteiger partial charge in [0.1, 0.15) is 6.07 Å². The van der Waals surface area contributed by atoms with Crippen molar-refractivity contribution in [3.05, 3.63) is 93.0 Å². The molecule has 0 N–H and O–H groups in total. The number of nitrogens with zero attached hydrogens (tertiary/aromatic N) is 5. The van der Waals surface area contributed by atoms with E-state index in [9.17, 15) is 15.3 Å². The van der Waals surface area contributed by atoms with Crippen LogP contribution in [0.15, 0.2) is 65.6 Å². The van der Waals surface area contributed by atoms with E-state index in [4.69, 9.17) is 11.6 Å². The summed E-state index contributed by atoms with van der Waals surface area (Å²) in [5.74, 6) is 0. The van der Waals surface area contributed by atoms with Crippen LogP contribution in [-0.2, 0) is 7.05 Å². The van der Waals surface area contributed by atoms with Crippen molar-refractivity contribution in [2.24, 2.45) is 7.05 Å². The Morgan fingerprint density at radius 2 is 1.73 bits per heavy atom. The Balaban J connectivity index is 1.88. The minimum Gasteiger partial charge on any atom is -0.293 e. The highest BCUT2D eigenvalue weighted by Crippen LogP contribution is 2.31. The summed E-state index contributed by atoms with van der Waals surface area (Å²) in [6.45, 7) is 1.91. The first-order valence-electron chi connectivity index (χ1n) is 10.1. The Morgan fingerprint density at radius 1 is 0.970 bits per heavy atom. The molecule has 0 saturated heterocycles. The van der Waals surface area contributed by atoms with Crippen LogP contribution < -0.4 is 5.69 Å². The smallest absolute Gasteiger partial charge is 0.293 e. The van der Waals surface area contributed by atoms with Gasteiger partial charge < -0.3 is 0 Å². The fourth-order valence-corrected chi connectivity index (χ4v) is 4.27. The zero-order chi connectivity index (χ0) is 23.3. The molecule has 33 heavy (non-hydrogen) atoms. The molecule has 3 aromatic carbocycles. The number of aryl methyl sites for hydroxylation is 2. The van der Waals surface area contributed by atoms with Crippen LogP contribution in [0.25, 0.3) is 38.8 Å². The monoisotopic (exact) mass is 449 g/mol. The van der Waals surface area contributed by atoms with Gasteiger partial charge in [-0.3, -0.25) is 14.1 Å². The lowest BCUT2D eigenvalue weighted by Crippen LogP contribution is -2.21. The molecule has 0 aliphatic rings. The van der Waals surface area contributed by atoms with Crippen molar-refractivity contribution < 1.29 is 0 Å². The standard InChI is InChI=1S/C26H16ClN5O/c1-15-3-4-16(12-28)9-23(15)32-25-20-11-18(17-5-7-21(27)19(10-17)13-29)6-8-22(20)30-14-24(25)31(2)26(32)33/h3-11,14H,1-2H3. The average molecular weight is 450 g/mol. The molecule has 0 aliphatic carbocycles. The van der Waals surface area contributed by atoms with Crippen molar-refractivity contribution in [2.75, 3.05) is 0 Å². The normalized spacial score (nSPS) is 10.9. The Kier molecular flexibility index (Phi) is 4.74. The van der Waals surface area contributed by atoms with Crippen LogP contribution in [0.2, 0.25) is 5.02 Å². The summed E-state index contributed by atoms with van der Waals surface area (Å²) in [7, 11) is 1.71. The summed E-state index contributed by atoms with van der Waals surface area (Å²) in [4.78, 5) is 17.9. The van der Waals surface area contributed by atoms with Crippen LogP contribution in [0.3, 0.4) is 0 Å². The Labute approximate surface area is 194 Å². The van der Waals surface area contributed by atoms with Crippen molar-refractivity contribution >= 4 is 33.5 Å². The molecule has 0 unspecified atom stereocenters. The molecule has 0 spiro atoms. The number of benzene rings is 3. The number of fused-ring (bicyclic) bond motifs is 3. The van der Waals surface area contributed by atoms with Gasteiger partial charge in [0.2, 0.25) is 0 Å². The molecule has 7 heteroatoms. The van der Waals surface area contributed by atoms with E-state index in [1.165, 1.54) is 0 Å². The van der Waals surface area contributed by atoms with E-state index in [1.807, 2.05) is 37.3 Å². The first-order valence-corrected chi connectivity index (χ1v) is 10.5. The molecule has 0 radical (unpaired) electrons. The second-order valence-electron chi connectivity index (χ2n) is 7.82. The summed E-state index contributed by atoms with van der Waals surface area (Å²) in [6.07, 6.45) is 1.69. The van der Waals surface area contributed by atoms with Crippen LogP contribution >= 0.6 is 11.6 Å². The summed E-state index contributed by atoms with van der Waals surface area (Å²) in [5.41, 5.74) is 6.01. The van der Waals surface area contributed by atoms with Gasteiger partial charge in [-0.2, -0.15) is 10.5 Å². The number of rotatable bonds is 2. The fourth-order valence-electron chi connectivity index (χ4n) is 4.11. The Bertz CT molecular complexity index is 1750. The maximum atomic E-state index is 13.3. The largest absolute Gasteiger partial charge is 0.333 e. The van der Waals surface area contributed by atoms with Crippen molar-refractivity contribution in [3.63, 3.8) is 0 Å². The van der Waals surface area contributed by atoms with Crippen molar-refractivity contribution in [3.8, 4) is 29.0 Å². The summed E-state index contributed by atoms with van der Waals surface area (Å²) >= 11 is 6.11. The van der Waals surface area contributed by atoms with Gasteiger partial charge in [-0.25, -0.2) is 4.79 Å². The third-order valence-corrected chi connectivity index (χ3v) is 6.21. The van der Waals surface area contributed by atoms with E-state index >= 15 is 0 Å². The van der Waals surface area contributed by atoms with Crippen molar-refractivity contribution in [1.82, 2.24) is 14.1 Å². The van der Waals surface area contributed by atoms with Gasteiger partial charge in [0, 0.05) is 12.4 Å². The fraction of sp³-hybridized carbons (Fsp3) is 0.0769. The highest BCUT2D eigenvalue weighted by Gasteiger charge is 2.18. The minimum absolute atomic E-state index is 0.221. The molecule has 0 saturated carbocycles. The molecule has 158 valence electrons. The maximum Gasteiger partial charge on any atom is 0.333 e. The van der Waals surface area contributed by atoms with E-state index in [-0.39, 0.29) is 5.69 Å². The van der Waals surface area contributed by atoms with Crippen molar-refractivity contribution in [2.45, 2.75) is 6.92 Å². The number of aromatic nitrogens is 3. The molecule has 2 heterocycles. The Hall–Kier alpha value is -4.39. The lowest BCUT2D eigenvalue weighted by atomic mass is 10.0. The van der Waals surface area contributed by atoms with Gasteiger partial charge in [0.25, 0.3) is 0 Å². The number of pyridine rings is 1. The second-order valence-corrected chi connectivity index (χ2v) is 8.23. The highest BCUT2D eigenvalue weighted by molar-refractivity contribution is 6.31. The SMILES string of the molecule is Cc1ccc(C#N)cc1-n1c(=O)n(C)c2cnc3ccc(-c4ccc(Cl)c(C#N)c4)cc3c21. The minimum atomic E-state index is -0.221. The maximum absolute atomic E-state index is 13.3. The quantitative estimate of drug-likeness (QED) is 0.368. The molecule has 6 nitrogen and oxygen atoms in total. The molecule has 5 aromatic rings.